The van der Waals surface area contributed by atoms with Crippen LogP contribution < -0.4 is 0 Å². The van der Waals surface area contributed by atoms with Crippen molar-refractivity contribution >= 4 is 0 Å². The molecule has 1 heterocycles. The Kier molecular flexibility index (Phi) is 2.41. The fraction of sp³-hybridized carbons (Fsp3) is 0.455. The van der Waals surface area contributed by atoms with E-state index in [-0.39, 0.29) is 5.41 Å². The first-order chi connectivity index (χ1) is 5.54. The lowest BCUT2D eigenvalue weighted by Gasteiger charge is -2.30. The fourth-order valence-electron chi connectivity index (χ4n) is 1.30. The van der Waals surface area contributed by atoms with Crippen LogP contribution in [0, 0.1) is 5.41 Å². The second-order valence-corrected chi connectivity index (χ2v) is 3.80. The predicted molar refractivity (Wildman–Crippen MR) is 53.6 cm³/mol. The van der Waals surface area contributed by atoms with Crippen LogP contribution in [0.1, 0.15) is 20.3 Å². The maximum atomic E-state index is 4.07. The summed E-state index contributed by atoms with van der Waals surface area (Å²) >= 11 is 0. The molecule has 1 nitrogen and oxygen atoms in total. The van der Waals surface area contributed by atoms with Gasteiger partial charge in [0.05, 0.1) is 0 Å². The normalized spacial score (nSPS) is 24.9. The van der Waals surface area contributed by atoms with Crippen LogP contribution in [-0.4, -0.2) is 11.9 Å². The minimum Gasteiger partial charge on any atom is -0.354 e. The van der Waals surface area contributed by atoms with E-state index in [9.17, 15) is 0 Å². The first kappa shape index (κ1) is 9.11. The van der Waals surface area contributed by atoms with Crippen molar-refractivity contribution < 1.29 is 0 Å². The van der Waals surface area contributed by atoms with Gasteiger partial charge in [-0.3, -0.25) is 0 Å². The third kappa shape index (κ3) is 1.79. The van der Waals surface area contributed by atoms with Gasteiger partial charge in [0.15, 0.2) is 0 Å². The molecule has 1 aliphatic heterocycles. The van der Waals surface area contributed by atoms with Crippen molar-refractivity contribution in [3.63, 3.8) is 0 Å². The number of allylic oxidation sites excluding steroid dienone is 3. The zero-order valence-corrected chi connectivity index (χ0v) is 8.17. The maximum Gasteiger partial charge on any atom is 0.0222 e. The molecule has 0 amide bonds. The summed E-state index contributed by atoms with van der Waals surface area (Å²) in [5.74, 6) is 0. The summed E-state index contributed by atoms with van der Waals surface area (Å²) in [6, 6.07) is 0. The molecule has 0 aromatic carbocycles. The van der Waals surface area contributed by atoms with Crippen LogP contribution >= 0.6 is 0 Å². The Morgan fingerprint density at radius 3 is 2.75 bits per heavy atom. The molecule has 0 spiro atoms. The number of rotatable bonds is 0. The van der Waals surface area contributed by atoms with Crippen molar-refractivity contribution in [1.29, 1.82) is 0 Å². The van der Waals surface area contributed by atoms with E-state index in [4.69, 9.17) is 0 Å². The number of hydrogen-bond donors (Lipinski definition) is 0. The molecule has 66 valence electrons. The molecule has 12 heavy (non-hydrogen) atoms. The van der Waals surface area contributed by atoms with E-state index in [1.54, 1.807) is 0 Å². The highest BCUT2D eigenvalue weighted by Crippen LogP contribution is 2.29. The minimum absolute atomic E-state index is 0.0828. The monoisotopic (exact) mass is 163 g/mol. The van der Waals surface area contributed by atoms with Crippen molar-refractivity contribution in [3.05, 3.63) is 36.7 Å². The van der Waals surface area contributed by atoms with Crippen molar-refractivity contribution in [2.75, 3.05) is 7.05 Å². The van der Waals surface area contributed by atoms with Crippen LogP contribution in [0.3, 0.4) is 0 Å². The summed E-state index contributed by atoms with van der Waals surface area (Å²) in [7, 11) is 2.04. The molecular formula is C11H17N. The molecule has 1 rings (SSSR count). The molecule has 0 atom stereocenters. The lowest BCUT2D eigenvalue weighted by atomic mass is 9.88. The highest BCUT2D eigenvalue weighted by atomic mass is 15.1. The summed E-state index contributed by atoms with van der Waals surface area (Å²) in [6.45, 7) is 8.44. The van der Waals surface area contributed by atoms with Gasteiger partial charge in [-0.05, 0) is 12.6 Å². The molecular weight excluding hydrogens is 146 g/mol. The van der Waals surface area contributed by atoms with Gasteiger partial charge in [-0.25, -0.2) is 0 Å². The summed E-state index contributed by atoms with van der Waals surface area (Å²) in [4.78, 5) is 2.09. The average molecular weight is 163 g/mol. The highest BCUT2D eigenvalue weighted by molar-refractivity contribution is 5.19. The van der Waals surface area contributed by atoms with Crippen LogP contribution in [0.4, 0.5) is 0 Å². The average Bonchev–Trinajstić information content (AvgIpc) is 2.00. The molecule has 0 fully saturated rings. The minimum atomic E-state index is 0.0828. The second-order valence-electron chi connectivity index (χ2n) is 3.80. The van der Waals surface area contributed by atoms with Crippen LogP contribution in [0.2, 0.25) is 0 Å². The molecule has 0 aromatic rings. The third-order valence-corrected chi connectivity index (χ3v) is 2.31. The molecule has 1 heteroatoms. The molecule has 0 aromatic heterocycles. The van der Waals surface area contributed by atoms with Gasteiger partial charge >= 0.3 is 0 Å². The van der Waals surface area contributed by atoms with E-state index < -0.39 is 0 Å². The van der Waals surface area contributed by atoms with E-state index in [1.165, 1.54) is 0 Å². The molecule has 0 saturated heterocycles. The first-order valence-corrected chi connectivity index (χ1v) is 4.30. The molecule has 0 radical (unpaired) electrons. The molecule has 0 saturated carbocycles. The lowest BCUT2D eigenvalue weighted by molar-refractivity contribution is 0.414. The van der Waals surface area contributed by atoms with Crippen LogP contribution in [-0.2, 0) is 0 Å². The summed E-state index contributed by atoms with van der Waals surface area (Å²) < 4.78 is 0. The molecule has 0 unspecified atom stereocenters. The summed E-state index contributed by atoms with van der Waals surface area (Å²) in [5, 5.41) is 0. The SMILES string of the molecule is C=C1N(C)C=CC/C=C\C1(C)C. The Hall–Kier alpha value is -0.980. The van der Waals surface area contributed by atoms with Gasteiger partial charge in [-0.15, -0.1) is 0 Å². The summed E-state index contributed by atoms with van der Waals surface area (Å²) in [5.41, 5.74) is 1.22. The Bertz CT molecular complexity index is 233. The Balaban J connectivity index is 2.92. The van der Waals surface area contributed by atoms with Crippen molar-refractivity contribution in [1.82, 2.24) is 4.90 Å². The summed E-state index contributed by atoms with van der Waals surface area (Å²) in [6.07, 6.45) is 9.63. The van der Waals surface area contributed by atoms with E-state index in [1.807, 2.05) is 7.05 Å². The van der Waals surface area contributed by atoms with Crippen LogP contribution in [0.15, 0.2) is 36.7 Å². The van der Waals surface area contributed by atoms with E-state index in [0.717, 1.165) is 12.1 Å². The Labute approximate surface area is 75.1 Å². The lowest BCUT2D eigenvalue weighted by Crippen LogP contribution is -2.23. The molecule has 0 aliphatic carbocycles. The van der Waals surface area contributed by atoms with Gasteiger partial charge in [0.2, 0.25) is 0 Å². The molecule has 1 aliphatic rings. The van der Waals surface area contributed by atoms with Gasteiger partial charge in [0, 0.05) is 18.2 Å². The fourth-order valence-corrected chi connectivity index (χ4v) is 1.30. The Morgan fingerprint density at radius 1 is 1.42 bits per heavy atom. The second kappa shape index (κ2) is 3.18. The molecule has 0 bridgehead atoms. The van der Waals surface area contributed by atoms with Crippen molar-refractivity contribution in [2.45, 2.75) is 20.3 Å². The van der Waals surface area contributed by atoms with E-state index >= 15 is 0 Å². The van der Waals surface area contributed by atoms with Gasteiger partial charge in [0.25, 0.3) is 0 Å². The third-order valence-electron chi connectivity index (χ3n) is 2.31. The zero-order valence-electron chi connectivity index (χ0n) is 8.17. The number of hydrogen-bond acceptors (Lipinski definition) is 1. The van der Waals surface area contributed by atoms with Crippen molar-refractivity contribution in [3.8, 4) is 0 Å². The quantitative estimate of drug-likeness (QED) is 0.496. The van der Waals surface area contributed by atoms with Crippen LogP contribution in [0.25, 0.3) is 0 Å². The first-order valence-electron chi connectivity index (χ1n) is 4.30. The van der Waals surface area contributed by atoms with Crippen molar-refractivity contribution in [2.24, 2.45) is 5.41 Å². The maximum absolute atomic E-state index is 4.07. The topological polar surface area (TPSA) is 3.24 Å². The number of nitrogens with zero attached hydrogens (tertiary/aromatic N) is 1. The Morgan fingerprint density at radius 2 is 2.08 bits per heavy atom. The molecule has 0 N–H and O–H groups in total. The van der Waals surface area contributed by atoms with E-state index in [2.05, 4.69) is 49.8 Å². The largest absolute Gasteiger partial charge is 0.354 e. The van der Waals surface area contributed by atoms with Gasteiger partial charge < -0.3 is 4.90 Å². The van der Waals surface area contributed by atoms with Gasteiger partial charge in [-0.1, -0.05) is 38.7 Å². The smallest absolute Gasteiger partial charge is 0.0222 e. The zero-order chi connectivity index (χ0) is 9.19. The van der Waals surface area contributed by atoms with Gasteiger partial charge in [-0.2, -0.15) is 0 Å². The van der Waals surface area contributed by atoms with Gasteiger partial charge in [0.1, 0.15) is 0 Å². The van der Waals surface area contributed by atoms with Crippen LogP contribution in [0.5, 0.6) is 0 Å². The van der Waals surface area contributed by atoms with E-state index in [0.29, 0.717) is 0 Å². The standard InChI is InChI=1S/C11H17N/c1-10-11(2,3)8-6-5-7-9-12(10)4/h6-9H,1,5H2,2-4H3/b8-6-,9-7?. The highest BCUT2D eigenvalue weighted by Gasteiger charge is 2.20. The predicted octanol–water partition coefficient (Wildman–Crippen LogP) is 2.93.